The lowest BCUT2D eigenvalue weighted by Gasteiger charge is -2.19. The number of hydrogen-bond donors (Lipinski definition) is 0. The van der Waals surface area contributed by atoms with Gasteiger partial charge in [0.25, 0.3) is 0 Å². The van der Waals surface area contributed by atoms with E-state index >= 15 is 0 Å². The number of hydrogen-bond acceptors (Lipinski definition) is 3. The maximum absolute atomic E-state index is 2.43. The first kappa shape index (κ1) is 35.8. The molecule has 0 nitrogen and oxygen atoms in total. The molecule has 0 aliphatic rings. The molecule has 0 aliphatic carbocycles. The third-order valence-corrected chi connectivity index (χ3v) is 14.8. The predicted molar refractivity (Wildman–Crippen MR) is 254 cm³/mol. The molecule has 10 aromatic rings. The van der Waals surface area contributed by atoms with Crippen molar-refractivity contribution in [2.75, 3.05) is 0 Å². The van der Waals surface area contributed by atoms with Gasteiger partial charge in [-0.1, -0.05) is 91.0 Å². The Hall–Kier alpha value is -5.58. The van der Waals surface area contributed by atoms with Crippen LogP contribution in [0.4, 0.5) is 0 Å². The molecule has 0 saturated carbocycles. The Kier molecular flexibility index (Phi) is 8.86. The minimum atomic E-state index is 1.25. The Labute approximate surface area is 347 Å². The first-order valence-electron chi connectivity index (χ1n) is 19.6. The summed E-state index contributed by atoms with van der Waals surface area (Å²) in [6.07, 6.45) is 0. The van der Waals surface area contributed by atoms with Gasteiger partial charge in [0, 0.05) is 14.1 Å². The summed E-state index contributed by atoms with van der Waals surface area (Å²) in [6.45, 7) is 13.7. The number of thiophene rings is 3. The first-order chi connectivity index (χ1) is 27.7. The van der Waals surface area contributed by atoms with E-state index in [1.165, 1.54) is 130 Å². The van der Waals surface area contributed by atoms with Gasteiger partial charge in [0.05, 0.1) is 0 Å². The summed E-state index contributed by atoms with van der Waals surface area (Å²) in [5, 5.41) is 10.5. The summed E-state index contributed by atoms with van der Waals surface area (Å²) in [5.41, 5.74) is 23.2. The topological polar surface area (TPSA) is 0 Å². The molecule has 3 heterocycles. The van der Waals surface area contributed by atoms with Gasteiger partial charge in [0.1, 0.15) is 0 Å². The highest BCUT2D eigenvalue weighted by molar-refractivity contribution is 7.18. The van der Waals surface area contributed by atoms with Crippen LogP contribution in [0.3, 0.4) is 0 Å². The summed E-state index contributed by atoms with van der Waals surface area (Å²) in [7, 11) is 0. The highest BCUT2D eigenvalue weighted by Crippen LogP contribution is 2.44. The van der Waals surface area contributed by atoms with Gasteiger partial charge in [-0.2, -0.15) is 0 Å². The molecule has 57 heavy (non-hydrogen) atoms. The summed E-state index contributed by atoms with van der Waals surface area (Å²) in [5.74, 6) is 0. The molecule has 7 aromatic carbocycles. The van der Waals surface area contributed by atoms with E-state index in [2.05, 4.69) is 185 Å². The van der Waals surface area contributed by atoms with E-state index in [1.807, 2.05) is 34.0 Å². The number of aryl methyl sites for hydroxylation is 6. The lowest BCUT2D eigenvalue weighted by atomic mass is 9.85. The van der Waals surface area contributed by atoms with Crippen molar-refractivity contribution < 1.29 is 0 Å². The van der Waals surface area contributed by atoms with E-state index in [1.54, 1.807) is 0 Å². The molecule has 0 radical (unpaired) electrons. The summed E-state index contributed by atoms with van der Waals surface area (Å²) < 4.78 is 4.06. The summed E-state index contributed by atoms with van der Waals surface area (Å²) >= 11 is 5.49. The van der Waals surface area contributed by atoms with Gasteiger partial charge in [-0.25, -0.2) is 0 Å². The van der Waals surface area contributed by atoms with Crippen molar-refractivity contribution in [1.29, 1.82) is 0 Å². The van der Waals surface area contributed by atoms with Gasteiger partial charge in [0.15, 0.2) is 0 Å². The van der Waals surface area contributed by atoms with E-state index in [-0.39, 0.29) is 0 Å². The van der Waals surface area contributed by atoms with E-state index in [4.69, 9.17) is 0 Å². The van der Waals surface area contributed by atoms with Crippen molar-refractivity contribution in [3.8, 4) is 66.8 Å². The molecular formula is C54H42S3. The minimum absolute atomic E-state index is 1.25. The fraction of sp³-hybridized carbons (Fsp3) is 0.111. The average Bonchev–Trinajstić information content (AvgIpc) is 4.01. The van der Waals surface area contributed by atoms with Gasteiger partial charge in [-0.05, 0) is 210 Å². The van der Waals surface area contributed by atoms with E-state index in [0.717, 1.165) is 0 Å². The van der Waals surface area contributed by atoms with Crippen LogP contribution < -0.4 is 0 Å². The number of rotatable bonds is 6. The molecular weight excluding hydrogens is 745 g/mol. The average molecular weight is 787 g/mol. The molecule has 0 fully saturated rings. The quantitative estimate of drug-likeness (QED) is 0.157. The van der Waals surface area contributed by atoms with Gasteiger partial charge < -0.3 is 0 Å². The Morgan fingerprint density at radius 3 is 0.825 bits per heavy atom. The third-order valence-electron chi connectivity index (χ3n) is 11.9. The molecule has 3 aromatic heterocycles. The molecule has 0 amide bonds. The summed E-state index contributed by atoms with van der Waals surface area (Å²) in [6, 6.07) is 48.5. The SMILES string of the molecule is Cc1cc(-c2cccc3ccsc23)c(C)cc1-c1cc(-c2cc(C)c(-c3cccc4ccsc34)cc2C)cc(-c2cc(C)c(-c3cccc4ccsc34)cc2C)c1. The number of fused-ring (bicyclic) bond motifs is 3. The molecule has 0 unspecified atom stereocenters. The minimum Gasteiger partial charge on any atom is -0.143 e. The van der Waals surface area contributed by atoms with Crippen molar-refractivity contribution in [3.05, 3.63) is 177 Å². The van der Waals surface area contributed by atoms with Gasteiger partial charge in [-0.3, -0.25) is 0 Å². The van der Waals surface area contributed by atoms with Gasteiger partial charge >= 0.3 is 0 Å². The van der Waals surface area contributed by atoms with Crippen LogP contribution in [0, 0.1) is 41.5 Å². The molecule has 0 spiro atoms. The lowest BCUT2D eigenvalue weighted by Crippen LogP contribution is -1.95. The molecule has 0 saturated heterocycles. The first-order valence-corrected chi connectivity index (χ1v) is 22.3. The highest BCUT2D eigenvalue weighted by atomic mass is 32.1. The molecule has 10 rings (SSSR count). The second kappa shape index (κ2) is 14.1. The maximum Gasteiger partial charge on any atom is 0.0421 e. The number of benzene rings is 7. The standard InChI is InChI=1S/C54H42S3/c1-31-25-49(43-13-7-10-37-16-19-55-52(37)43)34(4)22-46(31)40-28-41(47-23-35(5)50(26-32(47)2)44-14-8-11-38-17-20-56-53(38)44)30-42(29-40)48-24-36(6)51(27-33(48)3)45-15-9-12-39-18-21-57-54(39)45/h7-30H,1-6H3. The zero-order valence-electron chi connectivity index (χ0n) is 33.1. The van der Waals surface area contributed by atoms with Crippen LogP contribution in [0.25, 0.3) is 97.0 Å². The van der Waals surface area contributed by atoms with Crippen molar-refractivity contribution >= 4 is 64.3 Å². The predicted octanol–water partition coefficient (Wildman–Crippen LogP) is 17.2. The van der Waals surface area contributed by atoms with Crippen LogP contribution in [0.1, 0.15) is 33.4 Å². The molecule has 3 heteroatoms. The van der Waals surface area contributed by atoms with Crippen molar-refractivity contribution in [3.63, 3.8) is 0 Å². The van der Waals surface area contributed by atoms with Crippen LogP contribution in [0.15, 0.2) is 144 Å². The molecule has 276 valence electrons. The largest absolute Gasteiger partial charge is 0.143 e. The van der Waals surface area contributed by atoms with E-state index in [0.29, 0.717) is 0 Å². The Balaban J connectivity index is 1.15. The summed E-state index contributed by atoms with van der Waals surface area (Å²) in [4.78, 5) is 0. The zero-order chi connectivity index (χ0) is 38.9. The maximum atomic E-state index is 2.43. The molecule has 0 aliphatic heterocycles. The lowest BCUT2D eigenvalue weighted by molar-refractivity contribution is 1.37. The third kappa shape index (κ3) is 6.17. The van der Waals surface area contributed by atoms with Crippen molar-refractivity contribution in [2.24, 2.45) is 0 Å². The highest BCUT2D eigenvalue weighted by Gasteiger charge is 2.18. The van der Waals surface area contributed by atoms with Crippen molar-refractivity contribution in [1.82, 2.24) is 0 Å². The second-order valence-electron chi connectivity index (χ2n) is 15.7. The Bertz CT molecular complexity index is 2840. The van der Waals surface area contributed by atoms with Crippen LogP contribution in [0.5, 0.6) is 0 Å². The van der Waals surface area contributed by atoms with Crippen LogP contribution in [-0.2, 0) is 0 Å². The normalized spacial score (nSPS) is 11.7. The fourth-order valence-electron chi connectivity index (χ4n) is 8.96. The zero-order valence-corrected chi connectivity index (χ0v) is 35.5. The molecule has 0 atom stereocenters. The smallest absolute Gasteiger partial charge is 0.0421 e. The Morgan fingerprint density at radius 1 is 0.263 bits per heavy atom. The van der Waals surface area contributed by atoms with Crippen LogP contribution in [-0.4, -0.2) is 0 Å². The van der Waals surface area contributed by atoms with Crippen molar-refractivity contribution in [2.45, 2.75) is 41.5 Å². The van der Waals surface area contributed by atoms with E-state index < -0.39 is 0 Å². The van der Waals surface area contributed by atoms with Gasteiger partial charge in [0.2, 0.25) is 0 Å². The Morgan fingerprint density at radius 2 is 0.526 bits per heavy atom. The van der Waals surface area contributed by atoms with E-state index in [9.17, 15) is 0 Å². The van der Waals surface area contributed by atoms with Crippen LogP contribution >= 0.6 is 34.0 Å². The second-order valence-corrected chi connectivity index (χ2v) is 18.4. The molecule has 0 N–H and O–H groups in total. The van der Waals surface area contributed by atoms with Gasteiger partial charge in [-0.15, -0.1) is 34.0 Å². The molecule has 0 bridgehead atoms. The monoisotopic (exact) mass is 786 g/mol. The fourth-order valence-corrected chi connectivity index (χ4v) is 11.7. The van der Waals surface area contributed by atoms with Crippen LogP contribution in [0.2, 0.25) is 0 Å².